The molecule has 1 unspecified atom stereocenters. The van der Waals surface area contributed by atoms with Gasteiger partial charge in [-0.25, -0.2) is 9.18 Å². The number of halogens is 2. The van der Waals surface area contributed by atoms with Crippen molar-refractivity contribution in [2.45, 2.75) is 18.9 Å². The third-order valence-corrected chi connectivity index (χ3v) is 2.79. The second kappa shape index (κ2) is 4.28. The van der Waals surface area contributed by atoms with Gasteiger partial charge in [-0.3, -0.25) is 0 Å². The molecule has 0 heterocycles. The summed E-state index contributed by atoms with van der Waals surface area (Å²) in [4.78, 5) is 10.7. The first-order valence-electron chi connectivity index (χ1n) is 4.23. The van der Waals surface area contributed by atoms with Crippen LogP contribution in [-0.4, -0.2) is 21.8 Å². The Morgan fingerprint density at radius 3 is 2.67 bits per heavy atom. The highest BCUT2D eigenvalue weighted by Crippen LogP contribution is 2.24. The molecule has 2 N–H and O–H groups in total. The predicted molar refractivity (Wildman–Crippen MR) is 56.1 cm³/mol. The summed E-state index contributed by atoms with van der Waals surface area (Å²) in [7, 11) is 0. The SMILES string of the molecule is CC(O)(Cc1c(F)cccc1Br)C(=O)O. The van der Waals surface area contributed by atoms with Crippen LogP contribution in [0.1, 0.15) is 12.5 Å². The number of aliphatic hydroxyl groups is 1. The van der Waals surface area contributed by atoms with E-state index in [1.54, 1.807) is 6.07 Å². The maximum atomic E-state index is 13.3. The van der Waals surface area contributed by atoms with Crippen LogP contribution in [0.15, 0.2) is 22.7 Å². The molecule has 0 fully saturated rings. The molecular formula is C10H10BrFO3. The van der Waals surface area contributed by atoms with Crippen LogP contribution in [0.4, 0.5) is 4.39 Å². The second-order valence-electron chi connectivity index (χ2n) is 3.46. The highest BCUT2D eigenvalue weighted by molar-refractivity contribution is 9.10. The fourth-order valence-electron chi connectivity index (χ4n) is 1.12. The Hall–Kier alpha value is -0.940. The molecular weight excluding hydrogens is 267 g/mol. The molecule has 15 heavy (non-hydrogen) atoms. The molecule has 82 valence electrons. The minimum absolute atomic E-state index is 0.157. The third kappa shape index (κ3) is 2.76. The van der Waals surface area contributed by atoms with E-state index in [2.05, 4.69) is 15.9 Å². The van der Waals surface area contributed by atoms with Gasteiger partial charge >= 0.3 is 5.97 Å². The maximum absolute atomic E-state index is 13.3. The van der Waals surface area contributed by atoms with Crippen molar-refractivity contribution in [3.63, 3.8) is 0 Å². The number of carboxylic acids is 1. The van der Waals surface area contributed by atoms with Crippen LogP contribution in [-0.2, 0) is 11.2 Å². The maximum Gasteiger partial charge on any atom is 0.335 e. The number of carbonyl (C=O) groups is 1. The Bertz CT molecular complexity index is 370. The first-order valence-corrected chi connectivity index (χ1v) is 5.02. The zero-order valence-electron chi connectivity index (χ0n) is 8.00. The fourth-order valence-corrected chi connectivity index (χ4v) is 1.60. The molecule has 1 rings (SSSR count). The van der Waals surface area contributed by atoms with Gasteiger partial charge in [0.1, 0.15) is 5.82 Å². The molecule has 0 aromatic heterocycles. The number of carboxylic acid groups (broad SMARTS) is 1. The lowest BCUT2D eigenvalue weighted by atomic mass is 9.96. The highest BCUT2D eigenvalue weighted by Gasteiger charge is 2.31. The van der Waals surface area contributed by atoms with Crippen LogP contribution in [0.5, 0.6) is 0 Å². The standard InChI is InChI=1S/C10H10BrFO3/c1-10(15,9(13)14)5-6-7(11)3-2-4-8(6)12/h2-4,15H,5H2,1H3,(H,13,14). The molecule has 0 saturated carbocycles. The Labute approximate surface area is 94.7 Å². The van der Waals surface area contributed by atoms with Crippen molar-refractivity contribution in [1.82, 2.24) is 0 Å². The summed E-state index contributed by atoms with van der Waals surface area (Å²) >= 11 is 3.10. The van der Waals surface area contributed by atoms with Crippen LogP contribution in [0.2, 0.25) is 0 Å². The molecule has 0 aliphatic carbocycles. The van der Waals surface area contributed by atoms with Crippen molar-refractivity contribution in [2.24, 2.45) is 0 Å². The smallest absolute Gasteiger partial charge is 0.335 e. The lowest BCUT2D eigenvalue weighted by Crippen LogP contribution is -2.37. The fraction of sp³-hybridized carbons (Fsp3) is 0.300. The largest absolute Gasteiger partial charge is 0.479 e. The lowest BCUT2D eigenvalue weighted by Gasteiger charge is -2.18. The van der Waals surface area contributed by atoms with Gasteiger partial charge in [-0.15, -0.1) is 0 Å². The molecule has 0 aliphatic rings. The number of rotatable bonds is 3. The van der Waals surface area contributed by atoms with Crippen LogP contribution >= 0.6 is 15.9 Å². The number of aliphatic carboxylic acids is 1. The van der Waals surface area contributed by atoms with Crippen molar-refractivity contribution < 1.29 is 19.4 Å². The van der Waals surface area contributed by atoms with Gasteiger partial charge in [0.2, 0.25) is 0 Å². The van der Waals surface area contributed by atoms with E-state index in [1.165, 1.54) is 12.1 Å². The summed E-state index contributed by atoms with van der Waals surface area (Å²) in [5, 5.41) is 18.2. The minimum Gasteiger partial charge on any atom is -0.479 e. The molecule has 5 heteroatoms. The van der Waals surface area contributed by atoms with Gasteiger partial charge in [0.15, 0.2) is 5.60 Å². The molecule has 0 saturated heterocycles. The van der Waals surface area contributed by atoms with Gasteiger partial charge in [-0.05, 0) is 19.1 Å². The van der Waals surface area contributed by atoms with Gasteiger partial charge in [-0.1, -0.05) is 22.0 Å². The highest BCUT2D eigenvalue weighted by atomic mass is 79.9. The molecule has 0 bridgehead atoms. The summed E-state index contributed by atoms with van der Waals surface area (Å²) in [6.07, 6.45) is -0.282. The van der Waals surface area contributed by atoms with Crippen molar-refractivity contribution in [2.75, 3.05) is 0 Å². The Kier molecular flexibility index (Phi) is 3.46. The van der Waals surface area contributed by atoms with Crippen LogP contribution < -0.4 is 0 Å². The van der Waals surface area contributed by atoms with Gasteiger partial charge in [-0.2, -0.15) is 0 Å². The molecule has 1 atom stereocenters. The predicted octanol–water partition coefficient (Wildman–Crippen LogP) is 1.97. The minimum atomic E-state index is -1.97. The van der Waals surface area contributed by atoms with Gasteiger partial charge < -0.3 is 10.2 Å². The number of benzene rings is 1. The van der Waals surface area contributed by atoms with Crippen LogP contribution in [0.3, 0.4) is 0 Å². The first-order chi connectivity index (χ1) is 6.84. The molecule has 1 aromatic rings. The van der Waals surface area contributed by atoms with E-state index in [-0.39, 0.29) is 12.0 Å². The monoisotopic (exact) mass is 276 g/mol. The average Bonchev–Trinajstić information content (AvgIpc) is 2.11. The van der Waals surface area contributed by atoms with Gasteiger partial charge in [0.25, 0.3) is 0 Å². The second-order valence-corrected chi connectivity index (χ2v) is 4.31. The average molecular weight is 277 g/mol. The Morgan fingerprint density at radius 2 is 2.20 bits per heavy atom. The molecule has 1 aromatic carbocycles. The summed E-state index contributed by atoms with van der Waals surface area (Å²) in [5.74, 6) is -1.91. The van der Waals surface area contributed by atoms with Crippen molar-refractivity contribution >= 4 is 21.9 Å². The van der Waals surface area contributed by atoms with E-state index >= 15 is 0 Å². The third-order valence-electron chi connectivity index (χ3n) is 2.04. The summed E-state index contributed by atoms with van der Waals surface area (Å²) in [6.45, 7) is 1.13. The lowest BCUT2D eigenvalue weighted by molar-refractivity contribution is -0.156. The molecule has 0 radical (unpaired) electrons. The number of hydrogen-bond acceptors (Lipinski definition) is 2. The normalized spacial score (nSPS) is 14.7. The van der Waals surface area contributed by atoms with Crippen molar-refractivity contribution in [1.29, 1.82) is 0 Å². The van der Waals surface area contributed by atoms with E-state index in [0.717, 1.165) is 6.92 Å². The van der Waals surface area contributed by atoms with Crippen molar-refractivity contribution in [3.05, 3.63) is 34.1 Å². The summed E-state index contributed by atoms with van der Waals surface area (Å²) in [5.41, 5.74) is -1.81. The quantitative estimate of drug-likeness (QED) is 0.888. The first kappa shape index (κ1) is 12.1. The summed E-state index contributed by atoms with van der Waals surface area (Å²) < 4.78 is 13.8. The molecule has 0 spiro atoms. The van der Waals surface area contributed by atoms with Gasteiger partial charge in [0, 0.05) is 16.5 Å². The molecule has 0 amide bonds. The zero-order chi connectivity index (χ0) is 11.6. The topological polar surface area (TPSA) is 57.5 Å². The van der Waals surface area contributed by atoms with E-state index in [0.29, 0.717) is 4.47 Å². The molecule has 3 nitrogen and oxygen atoms in total. The van der Waals surface area contributed by atoms with E-state index in [9.17, 15) is 14.3 Å². The molecule has 0 aliphatic heterocycles. The van der Waals surface area contributed by atoms with Crippen LogP contribution in [0, 0.1) is 5.82 Å². The van der Waals surface area contributed by atoms with Crippen LogP contribution in [0.25, 0.3) is 0 Å². The van der Waals surface area contributed by atoms with Gasteiger partial charge in [0.05, 0.1) is 0 Å². The van der Waals surface area contributed by atoms with E-state index < -0.39 is 17.4 Å². The van der Waals surface area contributed by atoms with Crippen molar-refractivity contribution in [3.8, 4) is 0 Å². The zero-order valence-corrected chi connectivity index (χ0v) is 9.58. The number of hydrogen-bond donors (Lipinski definition) is 2. The Morgan fingerprint density at radius 1 is 1.60 bits per heavy atom. The summed E-state index contributed by atoms with van der Waals surface area (Å²) in [6, 6.07) is 4.31. The van der Waals surface area contributed by atoms with E-state index in [4.69, 9.17) is 5.11 Å². The Balaban J connectivity index is 3.04. The van der Waals surface area contributed by atoms with E-state index in [1.807, 2.05) is 0 Å².